The maximum Gasteiger partial charge on any atom is 0.303 e. The highest BCUT2D eigenvalue weighted by Crippen LogP contribution is 2.32. The molecule has 1 fully saturated rings. The Hall–Kier alpha value is -1.78. The van der Waals surface area contributed by atoms with Crippen molar-refractivity contribution in [2.24, 2.45) is 0 Å². The molecule has 23 heavy (non-hydrogen) atoms. The topological polar surface area (TPSA) is 71.3 Å². The van der Waals surface area contributed by atoms with Crippen LogP contribution >= 0.6 is 0 Å². The SMILES string of the molecule is Cc1cc(C(=O)NC(C)CCC(=O)O)c(C)n1C1CCCCC1. The molecule has 5 nitrogen and oxygen atoms in total. The number of aromatic nitrogens is 1. The van der Waals surface area contributed by atoms with Crippen LogP contribution in [0.25, 0.3) is 0 Å². The summed E-state index contributed by atoms with van der Waals surface area (Å²) in [6, 6.07) is 2.33. The lowest BCUT2D eigenvalue weighted by Crippen LogP contribution is -2.33. The smallest absolute Gasteiger partial charge is 0.303 e. The van der Waals surface area contributed by atoms with E-state index in [1.54, 1.807) is 0 Å². The van der Waals surface area contributed by atoms with Crippen molar-refractivity contribution in [3.63, 3.8) is 0 Å². The van der Waals surface area contributed by atoms with E-state index in [0.29, 0.717) is 12.5 Å². The summed E-state index contributed by atoms with van der Waals surface area (Å²) < 4.78 is 2.32. The average Bonchev–Trinajstić information content (AvgIpc) is 2.81. The molecule has 1 atom stereocenters. The van der Waals surface area contributed by atoms with Crippen LogP contribution in [0.3, 0.4) is 0 Å². The Balaban J connectivity index is 2.07. The fourth-order valence-corrected chi connectivity index (χ4v) is 3.62. The number of carboxylic acid groups (broad SMARTS) is 1. The lowest BCUT2D eigenvalue weighted by atomic mass is 9.95. The van der Waals surface area contributed by atoms with Crippen molar-refractivity contribution >= 4 is 11.9 Å². The predicted octanol–water partition coefficient (Wildman–Crippen LogP) is 3.59. The van der Waals surface area contributed by atoms with Gasteiger partial charge in [0.2, 0.25) is 0 Å². The number of carbonyl (C=O) groups excluding carboxylic acids is 1. The van der Waals surface area contributed by atoms with Gasteiger partial charge in [-0.3, -0.25) is 9.59 Å². The maximum absolute atomic E-state index is 12.5. The number of rotatable bonds is 6. The molecular weight excluding hydrogens is 292 g/mol. The zero-order chi connectivity index (χ0) is 17.0. The van der Waals surface area contributed by atoms with Crippen LogP contribution in [0.5, 0.6) is 0 Å². The van der Waals surface area contributed by atoms with E-state index in [4.69, 9.17) is 5.11 Å². The van der Waals surface area contributed by atoms with Gasteiger partial charge in [0.05, 0.1) is 5.56 Å². The Kier molecular flexibility index (Phi) is 5.85. The third-order valence-electron chi connectivity index (χ3n) is 4.84. The summed E-state index contributed by atoms with van der Waals surface area (Å²) in [4.78, 5) is 23.1. The normalized spacial score (nSPS) is 17.0. The second-order valence-corrected chi connectivity index (χ2v) is 6.75. The standard InChI is InChI=1S/C18H28N2O3/c1-12(9-10-17(21)22)19-18(23)16-11-13(2)20(14(16)3)15-7-5-4-6-8-15/h11-12,15H,4-10H2,1-3H3,(H,19,23)(H,21,22). The highest BCUT2D eigenvalue weighted by Gasteiger charge is 2.23. The molecule has 1 unspecified atom stereocenters. The molecule has 128 valence electrons. The van der Waals surface area contributed by atoms with Crippen LogP contribution in [0.15, 0.2) is 6.07 Å². The number of carbonyl (C=O) groups is 2. The first-order chi connectivity index (χ1) is 10.9. The van der Waals surface area contributed by atoms with Crippen LogP contribution in [-0.4, -0.2) is 27.6 Å². The summed E-state index contributed by atoms with van der Waals surface area (Å²) in [5.41, 5.74) is 2.88. The first-order valence-corrected chi connectivity index (χ1v) is 8.61. The van der Waals surface area contributed by atoms with Gasteiger partial charge in [0, 0.05) is 29.9 Å². The van der Waals surface area contributed by atoms with E-state index in [2.05, 4.69) is 16.8 Å². The molecule has 1 amide bonds. The minimum atomic E-state index is -0.832. The van der Waals surface area contributed by atoms with Gasteiger partial charge in [-0.05, 0) is 46.1 Å². The lowest BCUT2D eigenvalue weighted by Gasteiger charge is -2.26. The van der Waals surface area contributed by atoms with Crippen LogP contribution in [0.2, 0.25) is 0 Å². The molecule has 0 spiro atoms. The molecule has 1 aromatic heterocycles. The Morgan fingerprint density at radius 2 is 1.96 bits per heavy atom. The summed E-state index contributed by atoms with van der Waals surface area (Å²) in [6.45, 7) is 5.92. The van der Waals surface area contributed by atoms with Crippen LogP contribution in [-0.2, 0) is 4.79 Å². The highest BCUT2D eigenvalue weighted by atomic mass is 16.4. The van der Waals surface area contributed by atoms with E-state index in [1.165, 1.54) is 32.1 Å². The molecule has 1 aliphatic rings. The zero-order valence-corrected chi connectivity index (χ0v) is 14.4. The second kappa shape index (κ2) is 7.66. The van der Waals surface area contributed by atoms with Gasteiger partial charge in [-0.1, -0.05) is 19.3 Å². The summed E-state index contributed by atoms with van der Waals surface area (Å²) >= 11 is 0. The molecule has 1 aromatic rings. The number of aliphatic carboxylic acids is 1. The fraction of sp³-hybridized carbons (Fsp3) is 0.667. The zero-order valence-electron chi connectivity index (χ0n) is 14.4. The van der Waals surface area contributed by atoms with Gasteiger partial charge >= 0.3 is 5.97 Å². The molecule has 5 heteroatoms. The minimum Gasteiger partial charge on any atom is -0.481 e. The summed E-state index contributed by atoms with van der Waals surface area (Å²) in [6.07, 6.45) is 6.72. The lowest BCUT2D eigenvalue weighted by molar-refractivity contribution is -0.137. The quantitative estimate of drug-likeness (QED) is 0.841. The van der Waals surface area contributed by atoms with Crippen molar-refractivity contribution in [3.05, 3.63) is 23.0 Å². The molecule has 0 bridgehead atoms. The van der Waals surface area contributed by atoms with Crippen molar-refractivity contribution < 1.29 is 14.7 Å². The molecule has 2 rings (SSSR count). The maximum atomic E-state index is 12.5. The number of hydrogen-bond donors (Lipinski definition) is 2. The average molecular weight is 320 g/mol. The van der Waals surface area contributed by atoms with E-state index in [0.717, 1.165) is 17.0 Å². The molecule has 1 heterocycles. The van der Waals surface area contributed by atoms with Gasteiger partial charge in [0.15, 0.2) is 0 Å². The molecule has 0 saturated heterocycles. The Morgan fingerprint density at radius 3 is 2.57 bits per heavy atom. The number of nitrogens with one attached hydrogen (secondary N) is 1. The predicted molar refractivity (Wildman–Crippen MR) is 89.8 cm³/mol. The van der Waals surface area contributed by atoms with E-state index in [1.807, 2.05) is 19.9 Å². The monoisotopic (exact) mass is 320 g/mol. The highest BCUT2D eigenvalue weighted by molar-refractivity contribution is 5.95. The van der Waals surface area contributed by atoms with Gasteiger partial charge in [-0.2, -0.15) is 0 Å². The number of amides is 1. The molecule has 0 radical (unpaired) electrons. The number of nitrogens with zero attached hydrogens (tertiary/aromatic N) is 1. The van der Waals surface area contributed by atoms with Crippen molar-refractivity contribution in [2.75, 3.05) is 0 Å². The van der Waals surface area contributed by atoms with Gasteiger partial charge in [0.25, 0.3) is 5.91 Å². The largest absolute Gasteiger partial charge is 0.481 e. The second-order valence-electron chi connectivity index (χ2n) is 6.75. The first kappa shape index (κ1) is 17.6. The molecule has 1 aliphatic carbocycles. The van der Waals surface area contributed by atoms with Gasteiger partial charge in [-0.15, -0.1) is 0 Å². The summed E-state index contributed by atoms with van der Waals surface area (Å²) in [7, 11) is 0. The van der Waals surface area contributed by atoms with Crippen molar-refractivity contribution in [1.82, 2.24) is 9.88 Å². The molecule has 0 aromatic carbocycles. The Morgan fingerprint density at radius 1 is 1.30 bits per heavy atom. The van der Waals surface area contributed by atoms with E-state index in [-0.39, 0.29) is 18.4 Å². The van der Waals surface area contributed by atoms with Crippen LogP contribution in [0, 0.1) is 13.8 Å². The van der Waals surface area contributed by atoms with Crippen LogP contribution in [0.1, 0.15) is 79.7 Å². The number of hydrogen-bond acceptors (Lipinski definition) is 2. The fourth-order valence-electron chi connectivity index (χ4n) is 3.62. The first-order valence-electron chi connectivity index (χ1n) is 8.61. The third-order valence-corrected chi connectivity index (χ3v) is 4.84. The van der Waals surface area contributed by atoms with Crippen molar-refractivity contribution in [2.45, 2.75) is 77.8 Å². The minimum absolute atomic E-state index is 0.0720. The van der Waals surface area contributed by atoms with E-state index in [9.17, 15) is 9.59 Å². The Bertz CT molecular complexity index is 571. The van der Waals surface area contributed by atoms with Gasteiger partial charge in [0.1, 0.15) is 0 Å². The van der Waals surface area contributed by atoms with Crippen LogP contribution < -0.4 is 5.32 Å². The third kappa shape index (κ3) is 4.36. The Labute approximate surface area is 138 Å². The number of carboxylic acids is 1. The molecule has 0 aliphatic heterocycles. The molecule has 2 N–H and O–H groups in total. The summed E-state index contributed by atoms with van der Waals surface area (Å²) in [5.74, 6) is -0.931. The van der Waals surface area contributed by atoms with Gasteiger partial charge in [-0.25, -0.2) is 0 Å². The van der Waals surface area contributed by atoms with E-state index >= 15 is 0 Å². The van der Waals surface area contributed by atoms with E-state index < -0.39 is 5.97 Å². The van der Waals surface area contributed by atoms with Crippen LogP contribution in [0.4, 0.5) is 0 Å². The van der Waals surface area contributed by atoms with Crippen molar-refractivity contribution in [3.8, 4) is 0 Å². The van der Waals surface area contributed by atoms with Crippen molar-refractivity contribution in [1.29, 1.82) is 0 Å². The number of aryl methyl sites for hydroxylation is 1. The van der Waals surface area contributed by atoms with Gasteiger partial charge < -0.3 is 15.0 Å². The summed E-state index contributed by atoms with van der Waals surface area (Å²) in [5, 5.41) is 11.6. The molecular formula is C18H28N2O3. The molecule has 1 saturated carbocycles.